The van der Waals surface area contributed by atoms with Crippen LogP contribution in [0, 0.1) is 5.92 Å². The van der Waals surface area contributed by atoms with Gasteiger partial charge in [-0.25, -0.2) is 0 Å². The largest absolute Gasteiger partial charge is 0.507 e. The van der Waals surface area contributed by atoms with Crippen molar-refractivity contribution < 1.29 is 39.8 Å². The number of hydrogen-bond acceptors (Lipinski definition) is 14. The second kappa shape index (κ2) is 20.4. The van der Waals surface area contributed by atoms with Crippen molar-refractivity contribution in [3.05, 3.63) is 121 Å². The summed E-state index contributed by atoms with van der Waals surface area (Å²) in [5.74, 6) is 0.819. The first-order chi connectivity index (χ1) is 35.5. The number of aliphatic hydroxyl groups is 3. The second-order valence-electron chi connectivity index (χ2n) is 21.5. The van der Waals surface area contributed by atoms with Gasteiger partial charge in [-0.3, -0.25) is 4.79 Å². The number of nitrogens with one attached hydrogen (secondary N) is 1. The highest BCUT2D eigenvalue weighted by atomic mass is 33.1. The molecule has 4 heterocycles. The molecule has 5 aromatic carbocycles. The van der Waals surface area contributed by atoms with Gasteiger partial charge < -0.3 is 45.1 Å². The molecular weight excluding hydrogens is 995 g/mol. The highest BCUT2D eigenvalue weighted by Gasteiger charge is 2.46. The lowest BCUT2D eigenvalue weighted by Gasteiger charge is -2.42. The minimum Gasteiger partial charge on any atom is -0.507 e. The van der Waals surface area contributed by atoms with E-state index in [4.69, 9.17) is 9.15 Å². The molecule has 14 heteroatoms. The Morgan fingerprint density at radius 2 is 1.70 bits per heavy atom. The molecule has 10 nitrogen and oxygen atoms in total. The summed E-state index contributed by atoms with van der Waals surface area (Å²) < 4.78 is 13.8. The molecule has 1 saturated carbocycles. The van der Waals surface area contributed by atoms with Gasteiger partial charge in [0.15, 0.2) is 5.76 Å². The van der Waals surface area contributed by atoms with Crippen molar-refractivity contribution in [2.75, 3.05) is 18.1 Å². The average molecular weight is 1060 g/mol. The fraction of sp³-hybridized carbons (Fsp3) is 0.441. The quantitative estimate of drug-likeness (QED) is 0.0753. The summed E-state index contributed by atoms with van der Waals surface area (Å²) in [5, 5.41) is 78.1. The van der Waals surface area contributed by atoms with E-state index in [1.807, 2.05) is 12.1 Å². The Morgan fingerprint density at radius 1 is 0.849 bits per heavy atom. The molecule has 7 atom stereocenters. The number of fused-ring (bicyclic) bond motifs is 10. The molecule has 0 unspecified atom stereocenters. The molecule has 6 aromatic rings. The van der Waals surface area contributed by atoms with E-state index in [2.05, 4.69) is 67.7 Å². The van der Waals surface area contributed by atoms with Gasteiger partial charge in [0.2, 0.25) is 11.2 Å². The highest BCUT2D eigenvalue weighted by molar-refractivity contribution is 8.77. The maximum Gasteiger partial charge on any atom is 0.238 e. The monoisotopic (exact) mass is 1060 g/mol. The van der Waals surface area contributed by atoms with Crippen LogP contribution in [-0.2, 0) is 18.6 Å². The Bertz CT molecular complexity index is 3240. The first kappa shape index (κ1) is 49.6. The lowest BCUT2D eigenvalue weighted by molar-refractivity contribution is 0.00975. The van der Waals surface area contributed by atoms with Crippen LogP contribution in [-0.4, -0.2) is 73.1 Å². The summed E-state index contributed by atoms with van der Waals surface area (Å²) >= 11 is 0. The summed E-state index contributed by atoms with van der Waals surface area (Å²) in [6.45, 7) is 4.14. The second-order valence-corrected chi connectivity index (χ2v) is 26.7. The molecule has 3 aliphatic heterocycles. The van der Waals surface area contributed by atoms with Crippen molar-refractivity contribution in [2.45, 2.75) is 138 Å². The van der Waals surface area contributed by atoms with Gasteiger partial charge in [-0.2, -0.15) is 0 Å². The molecule has 0 amide bonds. The van der Waals surface area contributed by atoms with Crippen LogP contribution in [0.25, 0.3) is 50.3 Å². The summed E-state index contributed by atoms with van der Waals surface area (Å²) in [4.78, 5) is 15.4. The minimum atomic E-state index is -0.984. The first-order valence-corrected chi connectivity index (χ1v) is 31.1. The van der Waals surface area contributed by atoms with Crippen LogP contribution >= 0.6 is 43.2 Å². The summed E-state index contributed by atoms with van der Waals surface area (Å²) in [7, 11) is 6.79. The molecule has 1 saturated heterocycles. The van der Waals surface area contributed by atoms with Gasteiger partial charge >= 0.3 is 0 Å². The highest BCUT2D eigenvalue weighted by Crippen LogP contribution is 2.60. The van der Waals surface area contributed by atoms with Gasteiger partial charge in [-0.1, -0.05) is 125 Å². The number of allylic oxidation sites excluding steroid dienone is 1. The normalized spacial score (nSPS) is 24.9. The number of aromatic hydroxyl groups is 3. The van der Waals surface area contributed by atoms with E-state index < -0.39 is 35.4 Å². The summed E-state index contributed by atoms with van der Waals surface area (Å²) in [6.07, 6.45) is 10.3. The summed E-state index contributed by atoms with van der Waals surface area (Å²) in [6, 6.07) is 18.8. The minimum absolute atomic E-state index is 0.000302. The first-order valence-electron chi connectivity index (χ1n) is 26.2. The summed E-state index contributed by atoms with van der Waals surface area (Å²) in [5.41, 5.74) is 8.77. The van der Waals surface area contributed by atoms with E-state index in [0.717, 1.165) is 55.7 Å². The van der Waals surface area contributed by atoms with Crippen LogP contribution in [0.4, 0.5) is 0 Å². The number of ether oxygens (including phenoxy) is 1. The fourth-order valence-corrected chi connectivity index (χ4v) is 18.1. The predicted molar refractivity (Wildman–Crippen MR) is 299 cm³/mol. The molecule has 5 bridgehead atoms. The predicted octanol–water partition coefficient (Wildman–Crippen LogP) is 12.7. The molecule has 0 spiro atoms. The Kier molecular flexibility index (Phi) is 13.8. The van der Waals surface area contributed by atoms with Gasteiger partial charge in [0.1, 0.15) is 34.3 Å². The molecule has 0 radical (unpaired) electrons. The number of hydrogen-bond donors (Lipinski definition) is 7. The number of rotatable bonds is 7. The maximum absolute atomic E-state index is 15.4. The van der Waals surface area contributed by atoms with Gasteiger partial charge in [0.05, 0.1) is 23.0 Å². The third-order valence-electron chi connectivity index (χ3n) is 16.4. The molecule has 6 aliphatic rings. The van der Waals surface area contributed by atoms with Crippen molar-refractivity contribution in [3.63, 3.8) is 0 Å². The Hall–Kier alpha value is -4.25. The number of phenolic OH excluding ortho intramolecular Hbond substituents is 2. The van der Waals surface area contributed by atoms with E-state index in [1.54, 1.807) is 43.2 Å². The zero-order valence-corrected chi connectivity index (χ0v) is 44.5. The van der Waals surface area contributed by atoms with Gasteiger partial charge in [0, 0.05) is 71.4 Å². The lowest BCUT2D eigenvalue weighted by Crippen LogP contribution is -2.39. The van der Waals surface area contributed by atoms with E-state index in [-0.39, 0.29) is 75.7 Å². The molecular formula is C59H63NO9S4. The Morgan fingerprint density at radius 3 is 2.52 bits per heavy atom. The molecule has 12 rings (SSSR count). The van der Waals surface area contributed by atoms with Crippen molar-refractivity contribution in [2.24, 2.45) is 5.92 Å². The standard InChI is InChI=1S/C59H63NO9S4/c1-29(2)20-34-23-39(42-27-71-72-28-43(60-35-10-4-3-5-11-35)33-9-6-8-30(21-33)22-38(42)53(34)64)57-56(67)55(66)52-47(69-57)26-45(63)50-40-24-37-31(17-18-61)13-14-32-15-16-36-51(48(32)37)49(40)41-25-46(68-58(50)52)44(62)12-7-19-70-73-59(36)54(41)65/h6,8-9,13-16,21,23-24,26,29,31,35,41,43-44,46,54,59-65,67H,3-5,7,10-12,17-20,22,25,27-28H2,1-2H3/t31-,41+,43+,44-,46-,54-,59+/m1/s1. The van der Waals surface area contributed by atoms with Crippen molar-refractivity contribution in [1.29, 1.82) is 0 Å². The SMILES string of the molecule is CC(C)Cc1cc(-c2oc3cc(O)c4c(c3c(=O)c2O)O[C@@H]2C[C@H]3c5c-4cc4c6c(ccc(c56)[C@H](SSCCC[C@H]2O)[C@@H]3O)C=C[C@@H]4CCO)c2c(c1O)Cc1cccc(c1)[C@@H](NC1CCCCC1)CSSC2. The molecule has 2 fully saturated rings. The molecule has 382 valence electrons. The van der Waals surface area contributed by atoms with Crippen LogP contribution in [0.2, 0.25) is 0 Å². The fourth-order valence-electron chi connectivity index (χ4n) is 12.9. The van der Waals surface area contributed by atoms with E-state index in [0.29, 0.717) is 66.2 Å². The van der Waals surface area contributed by atoms with E-state index in [9.17, 15) is 30.6 Å². The van der Waals surface area contributed by atoms with E-state index >= 15 is 4.79 Å². The number of benzene rings is 5. The zero-order chi connectivity index (χ0) is 50.2. The Labute approximate surface area is 441 Å². The zero-order valence-electron chi connectivity index (χ0n) is 41.2. The average Bonchev–Trinajstić information content (AvgIpc) is 3.40. The van der Waals surface area contributed by atoms with Gasteiger partial charge in [-0.05, 0) is 124 Å². The van der Waals surface area contributed by atoms with Crippen LogP contribution in [0.15, 0.2) is 69.9 Å². The Balaban J connectivity index is 1.06. The topological polar surface area (TPSA) is 173 Å². The lowest BCUT2D eigenvalue weighted by atomic mass is 9.69. The van der Waals surface area contributed by atoms with Crippen molar-refractivity contribution in [3.8, 4) is 45.4 Å². The maximum atomic E-state index is 15.4. The smallest absolute Gasteiger partial charge is 0.238 e. The van der Waals surface area contributed by atoms with E-state index in [1.165, 1.54) is 43.7 Å². The molecule has 3 aliphatic carbocycles. The van der Waals surface area contributed by atoms with Crippen LogP contribution in [0.5, 0.6) is 23.0 Å². The third kappa shape index (κ3) is 8.87. The molecule has 1 aromatic heterocycles. The van der Waals surface area contributed by atoms with Crippen molar-refractivity contribution in [1.82, 2.24) is 5.32 Å². The molecule has 73 heavy (non-hydrogen) atoms. The molecule has 7 N–H and O–H groups in total. The van der Waals surface area contributed by atoms with Crippen LogP contribution in [0.1, 0.15) is 145 Å². The van der Waals surface area contributed by atoms with Crippen LogP contribution < -0.4 is 15.5 Å². The van der Waals surface area contributed by atoms with Crippen molar-refractivity contribution >= 4 is 71.0 Å². The van der Waals surface area contributed by atoms with Gasteiger partial charge in [0.25, 0.3) is 0 Å². The van der Waals surface area contributed by atoms with Gasteiger partial charge in [-0.15, -0.1) is 0 Å². The third-order valence-corrected chi connectivity index (χ3v) is 21.5. The number of phenols is 2. The number of aliphatic hydroxyl groups excluding tert-OH is 3. The van der Waals surface area contributed by atoms with Crippen LogP contribution in [0.3, 0.4) is 0 Å².